The smallest absolute Gasteiger partial charge is 0.0646 e. The maximum atomic E-state index is 11.6. The van der Waals surface area contributed by atoms with Gasteiger partial charge in [-0.05, 0) is 31.7 Å². The minimum Gasteiger partial charge on any atom is -0.383 e. The summed E-state index contributed by atoms with van der Waals surface area (Å²) in [6.45, 7) is 5.20. The molecule has 2 heterocycles. The highest BCUT2D eigenvalue weighted by Gasteiger charge is 2.48. The van der Waals surface area contributed by atoms with Gasteiger partial charge in [0.2, 0.25) is 0 Å². The van der Waals surface area contributed by atoms with Gasteiger partial charge in [0.25, 0.3) is 0 Å². The number of hydrogen-bond acceptors (Lipinski definition) is 3. The van der Waals surface area contributed by atoms with Crippen molar-refractivity contribution < 1.29 is 8.95 Å². The molecule has 1 unspecified atom stereocenters. The molecule has 0 radical (unpaired) electrons. The fourth-order valence-electron chi connectivity index (χ4n) is 3.41. The first-order chi connectivity index (χ1) is 7.70. The van der Waals surface area contributed by atoms with Crippen LogP contribution in [-0.2, 0) is 15.5 Å². The highest BCUT2D eigenvalue weighted by molar-refractivity contribution is 7.84. The third kappa shape index (κ3) is 2.34. The zero-order valence-electron chi connectivity index (χ0n) is 10.4. The molecule has 2 rings (SSSR count). The first kappa shape index (κ1) is 12.5. The molecule has 3 nitrogen and oxygen atoms in total. The van der Waals surface area contributed by atoms with Crippen LogP contribution in [0.2, 0.25) is 0 Å². The Morgan fingerprint density at radius 3 is 3.06 bits per heavy atom. The van der Waals surface area contributed by atoms with Gasteiger partial charge >= 0.3 is 0 Å². The van der Waals surface area contributed by atoms with Crippen LogP contribution in [0.25, 0.3) is 0 Å². The summed E-state index contributed by atoms with van der Waals surface area (Å²) in [7, 11) is 1.18. The van der Waals surface area contributed by atoms with Gasteiger partial charge in [-0.25, -0.2) is 0 Å². The van der Waals surface area contributed by atoms with Gasteiger partial charge < -0.3 is 4.74 Å². The molecule has 0 aromatic carbocycles. The Balaban J connectivity index is 1.96. The van der Waals surface area contributed by atoms with Gasteiger partial charge in [-0.3, -0.25) is 9.11 Å². The van der Waals surface area contributed by atoms with E-state index in [0.29, 0.717) is 5.92 Å². The molecule has 0 saturated carbocycles. The van der Waals surface area contributed by atoms with Gasteiger partial charge in [-0.1, -0.05) is 6.92 Å². The van der Waals surface area contributed by atoms with Crippen LogP contribution in [0, 0.1) is 5.92 Å². The maximum Gasteiger partial charge on any atom is 0.0646 e. The van der Waals surface area contributed by atoms with Gasteiger partial charge in [0.15, 0.2) is 0 Å². The summed E-state index contributed by atoms with van der Waals surface area (Å²) < 4.78 is 17.0. The molecule has 0 aromatic rings. The summed E-state index contributed by atoms with van der Waals surface area (Å²) in [5.74, 6) is 2.31. The highest BCUT2D eigenvalue weighted by atomic mass is 32.2. The van der Waals surface area contributed by atoms with Crippen molar-refractivity contribution in [1.82, 2.24) is 4.90 Å². The van der Waals surface area contributed by atoms with Crippen molar-refractivity contribution in [3.8, 4) is 0 Å². The lowest BCUT2D eigenvalue weighted by atomic mass is 9.91. The van der Waals surface area contributed by atoms with Crippen LogP contribution >= 0.6 is 0 Å². The van der Waals surface area contributed by atoms with Crippen molar-refractivity contribution in [2.45, 2.75) is 31.7 Å². The van der Waals surface area contributed by atoms with Crippen molar-refractivity contribution in [2.24, 2.45) is 5.92 Å². The second-order valence-corrected chi connectivity index (χ2v) is 6.96. The van der Waals surface area contributed by atoms with E-state index < -0.39 is 10.8 Å². The van der Waals surface area contributed by atoms with Crippen LogP contribution in [0.1, 0.15) is 26.2 Å². The van der Waals surface area contributed by atoms with E-state index in [9.17, 15) is 4.21 Å². The van der Waals surface area contributed by atoms with Gasteiger partial charge in [-0.2, -0.15) is 0 Å². The second kappa shape index (κ2) is 5.15. The average molecular weight is 245 g/mol. The molecule has 0 aromatic heterocycles. The molecule has 2 saturated heterocycles. The van der Waals surface area contributed by atoms with E-state index in [1.807, 2.05) is 6.92 Å². The zero-order valence-corrected chi connectivity index (χ0v) is 11.2. The Morgan fingerprint density at radius 1 is 1.56 bits per heavy atom. The van der Waals surface area contributed by atoms with Gasteiger partial charge in [0.1, 0.15) is 0 Å². The monoisotopic (exact) mass is 245 g/mol. The fourth-order valence-corrected chi connectivity index (χ4v) is 4.39. The second-order valence-electron chi connectivity index (χ2n) is 5.17. The Labute approximate surface area is 101 Å². The first-order valence-electron chi connectivity index (χ1n) is 6.29. The number of rotatable bonds is 5. The van der Waals surface area contributed by atoms with Crippen LogP contribution < -0.4 is 0 Å². The van der Waals surface area contributed by atoms with Crippen LogP contribution in [0.3, 0.4) is 0 Å². The van der Waals surface area contributed by atoms with Crippen LogP contribution in [0.15, 0.2) is 0 Å². The van der Waals surface area contributed by atoms with Crippen LogP contribution in [0.4, 0.5) is 0 Å². The molecular formula is C12H23NO2S. The standard InChI is InChI=1S/C12H23NO2S/c1-3-16(14)9-11-7-12(10-15-2)5-4-6-13(12)8-11/h11H,3-10H2,1-2H3/t11-,12+,16?/m1/s1. The molecule has 0 spiro atoms. The normalized spacial score (nSPS) is 36.5. The quantitative estimate of drug-likeness (QED) is 0.730. The molecular weight excluding hydrogens is 222 g/mol. The summed E-state index contributed by atoms with van der Waals surface area (Å²) in [5.41, 5.74) is 0.289. The topological polar surface area (TPSA) is 29.5 Å². The van der Waals surface area contributed by atoms with E-state index >= 15 is 0 Å². The first-order valence-corrected chi connectivity index (χ1v) is 7.78. The van der Waals surface area contributed by atoms with Crippen molar-refractivity contribution >= 4 is 10.8 Å². The fraction of sp³-hybridized carbons (Fsp3) is 1.00. The lowest BCUT2D eigenvalue weighted by Crippen LogP contribution is -2.42. The molecule has 0 aliphatic carbocycles. The molecule has 94 valence electrons. The predicted octanol–water partition coefficient (Wildman–Crippen LogP) is 1.26. The van der Waals surface area contributed by atoms with Crippen molar-refractivity contribution in [1.29, 1.82) is 0 Å². The largest absolute Gasteiger partial charge is 0.383 e. The maximum absolute atomic E-state index is 11.6. The third-order valence-corrected chi connectivity index (χ3v) is 5.53. The van der Waals surface area contributed by atoms with Gasteiger partial charge in [0, 0.05) is 41.5 Å². The SMILES string of the molecule is CCS(=O)C[C@H]1CN2CCC[C@@]2(COC)C1. The summed E-state index contributed by atoms with van der Waals surface area (Å²) in [6, 6.07) is 0. The molecule has 3 atom stereocenters. The molecule has 0 bridgehead atoms. The van der Waals surface area contributed by atoms with E-state index in [0.717, 1.165) is 24.7 Å². The van der Waals surface area contributed by atoms with Gasteiger partial charge in [-0.15, -0.1) is 0 Å². The molecule has 16 heavy (non-hydrogen) atoms. The van der Waals surface area contributed by atoms with E-state index in [1.165, 1.54) is 25.8 Å². The van der Waals surface area contributed by atoms with Crippen molar-refractivity contribution in [2.75, 3.05) is 38.3 Å². The number of fused-ring (bicyclic) bond motifs is 1. The minimum atomic E-state index is -0.614. The Morgan fingerprint density at radius 2 is 2.38 bits per heavy atom. The minimum absolute atomic E-state index is 0.289. The number of nitrogens with zero attached hydrogens (tertiary/aromatic N) is 1. The lowest BCUT2D eigenvalue weighted by Gasteiger charge is -2.30. The summed E-state index contributed by atoms with van der Waals surface area (Å²) in [4.78, 5) is 2.58. The number of hydrogen-bond donors (Lipinski definition) is 0. The summed E-state index contributed by atoms with van der Waals surface area (Å²) in [5, 5.41) is 0. The molecule has 2 fully saturated rings. The van der Waals surface area contributed by atoms with Crippen LogP contribution in [-0.4, -0.2) is 53.0 Å². The van der Waals surface area contributed by atoms with E-state index in [2.05, 4.69) is 4.90 Å². The Bertz CT molecular complexity index is 272. The molecule has 0 N–H and O–H groups in total. The molecule has 2 aliphatic rings. The summed E-state index contributed by atoms with van der Waals surface area (Å²) in [6.07, 6.45) is 3.75. The predicted molar refractivity (Wildman–Crippen MR) is 67.1 cm³/mol. The summed E-state index contributed by atoms with van der Waals surface area (Å²) >= 11 is 0. The van der Waals surface area contributed by atoms with E-state index in [1.54, 1.807) is 7.11 Å². The van der Waals surface area contributed by atoms with E-state index in [-0.39, 0.29) is 5.54 Å². The Hall–Kier alpha value is 0.0700. The molecule has 2 aliphatic heterocycles. The van der Waals surface area contributed by atoms with Crippen molar-refractivity contribution in [3.05, 3.63) is 0 Å². The highest BCUT2D eigenvalue weighted by Crippen LogP contribution is 2.41. The van der Waals surface area contributed by atoms with Crippen molar-refractivity contribution in [3.63, 3.8) is 0 Å². The van der Waals surface area contributed by atoms with E-state index in [4.69, 9.17) is 4.74 Å². The number of methoxy groups -OCH3 is 1. The molecule has 0 amide bonds. The average Bonchev–Trinajstić information content (AvgIpc) is 2.74. The number of ether oxygens (including phenoxy) is 1. The Kier molecular flexibility index (Phi) is 4.03. The van der Waals surface area contributed by atoms with Crippen LogP contribution in [0.5, 0.6) is 0 Å². The molecule has 4 heteroatoms. The lowest BCUT2D eigenvalue weighted by molar-refractivity contribution is 0.0654. The zero-order chi connectivity index (χ0) is 11.6. The van der Waals surface area contributed by atoms with Gasteiger partial charge in [0.05, 0.1) is 6.61 Å². The third-order valence-electron chi connectivity index (χ3n) is 4.04.